The predicted octanol–water partition coefficient (Wildman–Crippen LogP) is 1.95. The van der Waals surface area contributed by atoms with Crippen molar-refractivity contribution in [2.24, 2.45) is 5.41 Å². The number of hydrogen-bond acceptors (Lipinski definition) is 5. The molecule has 7 heteroatoms. The molecule has 2 rings (SSSR count). The van der Waals surface area contributed by atoms with E-state index < -0.39 is 6.04 Å². The maximum Gasteiger partial charge on any atom is 0.238 e. The van der Waals surface area contributed by atoms with Crippen LogP contribution in [-0.2, 0) is 9.59 Å². The maximum absolute atomic E-state index is 12.4. The van der Waals surface area contributed by atoms with Crippen molar-refractivity contribution >= 4 is 23.9 Å². The van der Waals surface area contributed by atoms with Gasteiger partial charge >= 0.3 is 0 Å². The molecule has 0 spiro atoms. The van der Waals surface area contributed by atoms with Crippen LogP contribution in [0.25, 0.3) is 0 Å². The number of nitrogens with one attached hydrogen (secondary N) is 3. The summed E-state index contributed by atoms with van der Waals surface area (Å²) >= 11 is 0. The Kier molecular flexibility index (Phi) is 9.08. The molecule has 0 fully saturated rings. The van der Waals surface area contributed by atoms with E-state index in [0.29, 0.717) is 17.5 Å². The number of hydrogen-bond donors (Lipinski definition) is 3. The van der Waals surface area contributed by atoms with Crippen LogP contribution in [0.5, 0.6) is 0 Å². The van der Waals surface area contributed by atoms with Crippen LogP contribution in [-0.4, -0.2) is 50.1 Å². The highest BCUT2D eigenvalue weighted by atomic mass is 16.2. The number of carbonyl (C=O) groups is 4. The summed E-state index contributed by atoms with van der Waals surface area (Å²) < 4.78 is 0. The number of ketones is 2. The molecule has 33 heavy (non-hydrogen) atoms. The first-order chi connectivity index (χ1) is 15.7. The molecule has 2 amide bonds. The molecule has 0 aliphatic heterocycles. The van der Waals surface area contributed by atoms with Gasteiger partial charge in [-0.25, -0.2) is 0 Å². The zero-order chi connectivity index (χ0) is 24.4. The van der Waals surface area contributed by atoms with Crippen LogP contribution >= 0.6 is 0 Å². The van der Waals surface area contributed by atoms with Gasteiger partial charge in [-0.15, -0.1) is 0 Å². The van der Waals surface area contributed by atoms with Gasteiger partial charge in [-0.1, -0.05) is 56.9 Å². The Bertz CT molecular complexity index is 1060. The molecule has 0 saturated carbocycles. The summed E-state index contributed by atoms with van der Waals surface area (Å²) in [5, 5.41) is 8.03. The van der Waals surface area contributed by atoms with E-state index in [2.05, 4.69) is 27.8 Å². The van der Waals surface area contributed by atoms with Crippen LogP contribution in [0.1, 0.15) is 52.6 Å². The van der Waals surface area contributed by atoms with Gasteiger partial charge in [0.15, 0.2) is 11.6 Å². The van der Waals surface area contributed by atoms with Crippen molar-refractivity contribution < 1.29 is 19.2 Å². The first-order valence-electron chi connectivity index (χ1n) is 10.6. The van der Waals surface area contributed by atoms with E-state index in [9.17, 15) is 19.2 Å². The highest BCUT2D eigenvalue weighted by Crippen LogP contribution is 2.19. The lowest BCUT2D eigenvalue weighted by Gasteiger charge is -2.29. The average Bonchev–Trinajstić information content (AvgIpc) is 2.79. The Morgan fingerprint density at radius 2 is 1.30 bits per heavy atom. The summed E-state index contributed by atoms with van der Waals surface area (Å²) in [6.45, 7) is 5.74. The smallest absolute Gasteiger partial charge is 0.238 e. The SMILES string of the molecule is CNC(C(=O)NCC(=O)c1ccc(C#Cc2ccc(C(=O)CNC=O)cc2)cc1)C(C)(C)C. The lowest BCUT2D eigenvalue weighted by atomic mass is 9.86. The molecule has 0 radical (unpaired) electrons. The van der Waals surface area contributed by atoms with Crippen molar-refractivity contribution in [2.45, 2.75) is 26.8 Å². The Morgan fingerprint density at radius 1 is 0.848 bits per heavy atom. The van der Waals surface area contributed by atoms with Gasteiger partial charge in [0.2, 0.25) is 12.3 Å². The molecule has 3 N–H and O–H groups in total. The van der Waals surface area contributed by atoms with Crippen LogP contribution < -0.4 is 16.0 Å². The van der Waals surface area contributed by atoms with Gasteiger partial charge in [-0.2, -0.15) is 0 Å². The summed E-state index contributed by atoms with van der Waals surface area (Å²) in [6.07, 6.45) is 0.485. The molecule has 0 aliphatic rings. The number of amides is 2. The molecule has 0 aliphatic carbocycles. The molecule has 2 aromatic carbocycles. The topological polar surface area (TPSA) is 104 Å². The third-order valence-electron chi connectivity index (χ3n) is 4.95. The van der Waals surface area contributed by atoms with E-state index in [1.807, 2.05) is 20.8 Å². The van der Waals surface area contributed by atoms with Crippen molar-refractivity contribution in [3.63, 3.8) is 0 Å². The van der Waals surface area contributed by atoms with Crippen molar-refractivity contribution in [2.75, 3.05) is 20.1 Å². The Morgan fingerprint density at radius 3 is 1.70 bits per heavy atom. The van der Waals surface area contributed by atoms with E-state index in [0.717, 1.165) is 11.1 Å². The molecule has 0 saturated heterocycles. The lowest BCUT2D eigenvalue weighted by molar-refractivity contribution is -0.125. The fraction of sp³-hybridized carbons (Fsp3) is 0.308. The highest BCUT2D eigenvalue weighted by Gasteiger charge is 2.29. The van der Waals surface area contributed by atoms with Gasteiger partial charge in [0.1, 0.15) is 0 Å². The van der Waals surface area contributed by atoms with Gasteiger partial charge in [0, 0.05) is 22.3 Å². The fourth-order valence-corrected chi connectivity index (χ4v) is 3.19. The van der Waals surface area contributed by atoms with Gasteiger partial charge in [-0.05, 0) is 36.7 Å². The Balaban J connectivity index is 1.96. The minimum absolute atomic E-state index is 0.0457. The van der Waals surface area contributed by atoms with Crippen LogP contribution in [0.2, 0.25) is 0 Å². The summed E-state index contributed by atoms with van der Waals surface area (Å²) in [4.78, 5) is 46.9. The number of benzene rings is 2. The first-order valence-corrected chi connectivity index (χ1v) is 10.6. The average molecular weight is 448 g/mol. The third kappa shape index (κ3) is 7.70. The molecule has 1 atom stereocenters. The number of likely N-dealkylation sites (N-methyl/N-ethyl adjacent to an activating group) is 1. The maximum atomic E-state index is 12.4. The largest absolute Gasteiger partial charge is 0.351 e. The Labute approximate surface area is 194 Å². The van der Waals surface area contributed by atoms with Gasteiger partial charge in [0.05, 0.1) is 19.1 Å². The standard InChI is InChI=1S/C26H29N3O4/c1-26(2,3)24(27-4)25(33)29-16-23(32)21-13-9-19(10-14-21)6-5-18-7-11-20(12-8-18)22(31)15-28-17-30/h7-14,17,24,27H,15-16H2,1-4H3,(H,28,30)(H,29,33). The van der Waals surface area contributed by atoms with Gasteiger partial charge < -0.3 is 16.0 Å². The second kappa shape index (κ2) is 11.7. The number of carbonyl (C=O) groups excluding carboxylic acids is 4. The van der Waals surface area contributed by atoms with E-state index in [1.165, 1.54) is 0 Å². The van der Waals surface area contributed by atoms with E-state index in [1.54, 1.807) is 55.6 Å². The van der Waals surface area contributed by atoms with Crippen molar-refractivity contribution in [1.29, 1.82) is 0 Å². The second-order valence-corrected chi connectivity index (χ2v) is 8.56. The molecular weight excluding hydrogens is 418 g/mol. The van der Waals surface area contributed by atoms with E-state index >= 15 is 0 Å². The van der Waals surface area contributed by atoms with Gasteiger partial charge in [0.25, 0.3) is 0 Å². The normalized spacial score (nSPS) is 11.5. The van der Waals surface area contributed by atoms with Crippen LogP contribution in [0.15, 0.2) is 48.5 Å². The van der Waals surface area contributed by atoms with Gasteiger partial charge in [-0.3, -0.25) is 19.2 Å². The highest BCUT2D eigenvalue weighted by molar-refractivity contribution is 6.00. The molecule has 7 nitrogen and oxygen atoms in total. The summed E-state index contributed by atoms with van der Waals surface area (Å²) in [6, 6.07) is 13.2. The predicted molar refractivity (Wildman–Crippen MR) is 127 cm³/mol. The molecule has 1 unspecified atom stereocenters. The Hall–Kier alpha value is -3.76. The fourth-order valence-electron chi connectivity index (χ4n) is 3.19. The number of rotatable bonds is 9. The zero-order valence-corrected chi connectivity index (χ0v) is 19.3. The molecule has 0 aromatic heterocycles. The van der Waals surface area contributed by atoms with Crippen molar-refractivity contribution in [3.8, 4) is 11.8 Å². The molecule has 0 heterocycles. The minimum atomic E-state index is -0.400. The van der Waals surface area contributed by atoms with Crippen LogP contribution in [0.3, 0.4) is 0 Å². The summed E-state index contributed by atoms with van der Waals surface area (Å²) in [5.41, 5.74) is 2.17. The quantitative estimate of drug-likeness (QED) is 0.310. The molecular formula is C26H29N3O4. The lowest BCUT2D eigenvalue weighted by Crippen LogP contribution is -2.51. The van der Waals surface area contributed by atoms with Crippen molar-refractivity contribution in [3.05, 3.63) is 70.8 Å². The third-order valence-corrected chi connectivity index (χ3v) is 4.95. The van der Waals surface area contributed by atoms with E-state index in [4.69, 9.17) is 0 Å². The second-order valence-electron chi connectivity index (χ2n) is 8.56. The molecule has 172 valence electrons. The minimum Gasteiger partial charge on any atom is -0.351 e. The molecule has 0 bridgehead atoms. The zero-order valence-electron chi connectivity index (χ0n) is 19.3. The monoisotopic (exact) mass is 447 g/mol. The van der Waals surface area contributed by atoms with E-state index in [-0.39, 0.29) is 36.0 Å². The summed E-state index contributed by atoms with van der Waals surface area (Å²) in [7, 11) is 1.72. The number of Topliss-reactive ketones (excluding diaryl/α,β-unsaturated/α-hetero) is 2. The summed E-state index contributed by atoms with van der Waals surface area (Å²) in [5.74, 6) is 5.45. The first kappa shape index (κ1) is 25.5. The molecule has 2 aromatic rings. The van der Waals surface area contributed by atoms with Crippen LogP contribution in [0.4, 0.5) is 0 Å². The van der Waals surface area contributed by atoms with Crippen LogP contribution in [0, 0.1) is 17.3 Å². The van der Waals surface area contributed by atoms with Crippen molar-refractivity contribution in [1.82, 2.24) is 16.0 Å².